The maximum absolute atomic E-state index is 6.61. The molecule has 0 aliphatic heterocycles. The minimum atomic E-state index is 0.551. The van der Waals surface area contributed by atoms with Crippen molar-refractivity contribution in [3.8, 4) is 62.1 Å². The molecule has 0 N–H and O–H groups in total. The monoisotopic (exact) mass is 806 g/mol. The van der Waals surface area contributed by atoms with Gasteiger partial charge in [-0.3, -0.25) is 0 Å². The fraction of sp³-hybridized carbons (Fsp3) is 0. The molecule has 0 spiro atoms. The summed E-state index contributed by atoms with van der Waals surface area (Å²) in [5.41, 5.74) is 13.7. The number of aromatic nitrogens is 4. The normalized spacial score (nSPS) is 11.8. The van der Waals surface area contributed by atoms with Gasteiger partial charge in [0.25, 0.3) is 0 Å². The zero-order valence-corrected chi connectivity index (χ0v) is 33.7. The third kappa shape index (κ3) is 5.69. The van der Waals surface area contributed by atoms with Crippen LogP contribution in [-0.4, -0.2) is 19.5 Å². The lowest BCUT2D eigenvalue weighted by molar-refractivity contribution is 0.668. The van der Waals surface area contributed by atoms with Crippen LogP contribution >= 0.6 is 0 Å². The summed E-state index contributed by atoms with van der Waals surface area (Å²) in [6, 6.07) is 71.6. The van der Waals surface area contributed by atoms with E-state index in [1.54, 1.807) is 0 Å². The van der Waals surface area contributed by atoms with Crippen LogP contribution in [0.2, 0.25) is 0 Å². The van der Waals surface area contributed by atoms with Crippen LogP contribution in [0.1, 0.15) is 0 Å². The number of furan rings is 2. The van der Waals surface area contributed by atoms with Gasteiger partial charge in [0, 0.05) is 60.3 Å². The van der Waals surface area contributed by atoms with Gasteiger partial charge in [-0.15, -0.1) is 0 Å². The van der Waals surface area contributed by atoms with Crippen molar-refractivity contribution in [3.63, 3.8) is 0 Å². The number of benzene rings is 9. The Hall–Kier alpha value is -8.61. The molecule has 6 heteroatoms. The first kappa shape index (κ1) is 35.2. The Bertz CT molecular complexity index is 3900. The van der Waals surface area contributed by atoms with E-state index in [1.807, 2.05) is 42.5 Å². The summed E-state index contributed by atoms with van der Waals surface area (Å²) in [4.78, 5) is 15.6. The van der Waals surface area contributed by atoms with E-state index in [1.165, 1.54) is 16.3 Å². The summed E-state index contributed by atoms with van der Waals surface area (Å²) in [6.07, 6.45) is 0. The smallest absolute Gasteiger partial charge is 0.164 e. The fourth-order valence-electron chi connectivity index (χ4n) is 9.34. The van der Waals surface area contributed by atoms with E-state index in [0.29, 0.717) is 17.5 Å². The molecule has 4 heterocycles. The van der Waals surface area contributed by atoms with Crippen molar-refractivity contribution in [2.75, 3.05) is 0 Å². The standard InChI is InChI=1S/C57H34N4O2/c1-3-13-35(14-4-1)36-25-27-37(28-26-36)55-58-56(39-29-31-44-43-18-8-10-23-49(43)63-52(44)34-39)60-57(59-55)46-21-12-24-51-53(46)47-33-38(30-32-50(47)62-51)41-19-11-20-45-42-17-7-9-22-48(42)61(54(41)45)40-15-5-2-6-16-40/h1-34H. The largest absolute Gasteiger partial charge is 0.456 e. The first-order chi connectivity index (χ1) is 31.2. The quantitative estimate of drug-likeness (QED) is 0.167. The van der Waals surface area contributed by atoms with Crippen molar-refractivity contribution in [3.05, 3.63) is 206 Å². The highest BCUT2D eigenvalue weighted by Gasteiger charge is 2.21. The van der Waals surface area contributed by atoms with E-state index >= 15 is 0 Å². The van der Waals surface area contributed by atoms with Gasteiger partial charge in [-0.1, -0.05) is 152 Å². The molecular weight excluding hydrogens is 773 g/mol. The molecule has 294 valence electrons. The molecule has 9 aromatic carbocycles. The molecule has 0 aliphatic carbocycles. The zero-order chi connectivity index (χ0) is 41.4. The summed E-state index contributed by atoms with van der Waals surface area (Å²) in [5, 5.41) is 6.46. The number of para-hydroxylation sites is 4. The molecule has 4 aromatic heterocycles. The van der Waals surface area contributed by atoms with Crippen molar-refractivity contribution in [2.45, 2.75) is 0 Å². The van der Waals surface area contributed by atoms with Crippen molar-refractivity contribution in [1.82, 2.24) is 19.5 Å². The molecule has 13 aromatic rings. The van der Waals surface area contributed by atoms with Crippen molar-refractivity contribution in [1.29, 1.82) is 0 Å². The van der Waals surface area contributed by atoms with Crippen LogP contribution in [-0.2, 0) is 0 Å². The molecule has 0 fully saturated rings. The van der Waals surface area contributed by atoms with Crippen LogP contribution in [0.5, 0.6) is 0 Å². The Kier molecular flexibility index (Phi) is 7.80. The minimum Gasteiger partial charge on any atom is -0.456 e. The van der Waals surface area contributed by atoms with Crippen LogP contribution in [0.25, 0.3) is 128 Å². The summed E-state index contributed by atoms with van der Waals surface area (Å²) < 4.78 is 15.3. The molecule has 0 unspecified atom stereocenters. The molecule has 13 rings (SSSR count). The number of fused-ring (bicyclic) bond motifs is 9. The van der Waals surface area contributed by atoms with Crippen LogP contribution in [0, 0.1) is 0 Å². The Labute approximate surface area is 361 Å². The average molecular weight is 807 g/mol. The molecule has 0 bridgehead atoms. The number of hydrogen-bond acceptors (Lipinski definition) is 5. The van der Waals surface area contributed by atoms with Gasteiger partial charge in [-0.05, 0) is 71.3 Å². The highest BCUT2D eigenvalue weighted by atomic mass is 16.3. The van der Waals surface area contributed by atoms with Crippen LogP contribution in [0.15, 0.2) is 215 Å². The van der Waals surface area contributed by atoms with Crippen LogP contribution < -0.4 is 0 Å². The summed E-state index contributed by atoms with van der Waals surface area (Å²) in [5.74, 6) is 1.68. The molecule has 0 atom stereocenters. The predicted octanol–water partition coefficient (Wildman–Crippen LogP) is 15.1. The summed E-state index contributed by atoms with van der Waals surface area (Å²) >= 11 is 0. The number of rotatable bonds is 6. The van der Waals surface area contributed by atoms with Gasteiger partial charge in [0.2, 0.25) is 0 Å². The van der Waals surface area contributed by atoms with Gasteiger partial charge < -0.3 is 13.4 Å². The summed E-state index contributed by atoms with van der Waals surface area (Å²) in [7, 11) is 0. The fourth-order valence-corrected chi connectivity index (χ4v) is 9.34. The lowest BCUT2D eigenvalue weighted by atomic mass is 9.98. The van der Waals surface area contributed by atoms with Gasteiger partial charge in [-0.25, -0.2) is 15.0 Å². The average Bonchev–Trinajstić information content (AvgIpc) is 4.03. The Morgan fingerprint density at radius 2 is 0.889 bits per heavy atom. The second-order valence-corrected chi connectivity index (χ2v) is 15.9. The Morgan fingerprint density at radius 3 is 1.75 bits per heavy atom. The van der Waals surface area contributed by atoms with Crippen molar-refractivity contribution >= 4 is 65.7 Å². The lowest BCUT2D eigenvalue weighted by Crippen LogP contribution is -2.00. The van der Waals surface area contributed by atoms with Gasteiger partial charge in [0.1, 0.15) is 22.3 Å². The van der Waals surface area contributed by atoms with Crippen LogP contribution in [0.3, 0.4) is 0 Å². The maximum atomic E-state index is 6.61. The van der Waals surface area contributed by atoms with Crippen molar-refractivity contribution in [2.24, 2.45) is 0 Å². The number of nitrogens with zero attached hydrogens (tertiary/aromatic N) is 4. The van der Waals surface area contributed by atoms with Crippen molar-refractivity contribution < 1.29 is 8.83 Å². The van der Waals surface area contributed by atoms with E-state index in [2.05, 4.69) is 168 Å². The highest BCUT2D eigenvalue weighted by molar-refractivity contribution is 6.16. The Morgan fingerprint density at radius 1 is 0.317 bits per heavy atom. The van der Waals surface area contributed by atoms with Gasteiger partial charge in [0.15, 0.2) is 17.5 Å². The predicted molar refractivity (Wildman–Crippen MR) is 256 cm³/mol. The van der Waals surface area contributed by atoms with Gasteiger partial charge in [-0.2, -0.15) is 0 Å². The van der Waals surface area contributed by atoms with E-state index in [9.17, 15) is 0 Å². The van der Waals surface area contributed by atoms with Gasteiger partial charge >= 0.3 is 0 Å². The third-order valence-electron chi connectivity index (χ3n) is 12.3. The van der Waals surface area contributed by atoms with E-state index in [4.69, 9.17) is 23.8 Å². The maximum Gasteiger partial charge on any atom is 0.164 e. The molecule has 63 heavy (non-hydrogen) atoms. The number of hydrogen-bond donors (Lipinski definition) is 0. The lowest BCUT2D eigenvalue weighted by Gasteiger charge is -2.12. The second-order valence-electron chi connectivity index (χ2n) is 15.9. The first-order valence-corrected chi connectivity index (χ1v) is 21.1. The molecule has 0 radical (unpaired) electrons. The second kappa shape index (κ2) is 14.0. The van der Waals surface area contributed by atoms with Gasteiger partial charge in [0.05, 0.1) is 11.0 Å². The Balaban J connectivity index is 1.01. The minimum absolute atomic E-state index is 0.551. The van der Waals surface area contributed by atoms with E-state index in [0.717, 1.165) is 94.0 Å². The van der Waals surface area contributed by atoms with E-state index < -0.39 is 0 Å². The van der Waals surface area contributed by atoms with E-state index in [-0.39, 0.29) is 0 Å². The highest BCUT2D eigenvalue weighted by Crippen LogP contribution is 2.42. The molecule has 0 amide bonds. The molecule has 6 nitrogen and oxygen atoms in total. The topological polar surface area (TPSA) is 69.9 Å². The molecular formula is C57H34N4O2. The third-order valence-corrected chi connectivity index (χ3v) is 12.3. The van der Waals surface area contributed by atoms with Crippen LogP contribution in [0.4, 0.5) is 0 Å². The molecule has 0 saturated carbocycles. The summed E-state index contributed by atoms with van der Waals surface area (Å²) in [6.45, 7) is 0. The molecule has 0 saturated heterocycles. The SMILES string of the molecule is c1ccc(-c2ccc(-c3nc(-c4ccc5c(c4)oc4ccccc45)nc(-c4cccc5oc6ccc(-c7cccc8c9ccccc9n(-c9ccccc9)c78)cc6c45)n3)cc2)cc1. The first-order valence-electron chi connectivity index (χ1n) is 21.1. The molecule has 0 aliphatic rings. The zero-order valence-electron chi connectivity index (χ0n) is 33.7.